The molecule has 1 aromatic carbocycles. The first-order valence-corrected chi connectivity index (χ1v) is 5.52. The SMILES string of the molecule is Cc1cc(-c2ccc3c(c2)CCCO3)on1. The summed E-state index contributed by atoms with van der Waals surface area (Å²) in [5, 5.41) is 3.90. The Hall–Kier alpha value is -1.77. The smallest absolute Gasteiger partial charge is 0.167 e. The number of ether oxygens (including phenoxy) is 1. The van der Waals surface area contributed by atoms with E-state index in [0.29, 0.717) is 0 Å². The zero-order valence-electron chi connectivity index (χ0n) is 9.19. The molecule has 2 heterocycles. The van der Waals surface area contributed by atoms with Gasteiger partial charge in [-0.2, -0.15) is 0 Å². The summed E-state index contributed by atoms with van der Waals surface area (Å²) < 4.78 is 10.8. The number of hydrogen-bond donors (Lipinski definition) is 0. The Morgan fingerprint density at radius 1 is 1.25 bits per heavy atom. The number of aromatic nitrogens is 1. The molecule has 82 valence electrons. The molecule has 0 fully saturated rings. The topological polar surface area (TPSA) is 35.3 Å². The van der Waals surface area contributed by atoms with Crippen molar-refractivity contribution in [1.82, 2.24) is 5.16 Å². The molecule has 0 unspecified atom stereocenters. The summed E-state index contributed by atoms with van der Waals surface area (Å²) in [6.45, 7) is 2.75. The van der Waals surface area contributed by atoms with Crippen LogP contribution in [0.15, 0.2) is 28.8 Å². The van der Waals surface area contributed by atoms with Gasteiger partial charge in [0.05, 0.1) is 12.3 Å². The van der Waals surface area contributed by atoms with E-state index in [0.717, 1.165) is 42.2 Å². The fourth-order valence-corrected chi connectivity index (χ4v) is 2.01. The van der Waals surface area contributed by atoms with Crippen molar-refractivity contribution in [2.24, 2.45) is 0 Å². The number of nitrogens with zero attached hydrogens (tertiary/aromatic N) is 1. The zero-order valence-corrected chi connectivity index (χ0v) is 9.19. The van der Waals surface area contributed by atoms with E-state index in [2.05, 4.69) is 11.2 Å². The predicted octanol–water partition coefficient (Wildman–Crippen LogP) is 2.98. The lowest BCUT2D eigenvalue weighted by molar-refractivity contribution is 0.288. The van der Waals surface area contributed by atoms with Crippen molar-refractivity contribution in [1.29, 1.82) is 0 Å². The normalized spacial score (nSPS) is 14.3. The summed E-state index contributed by atoms with van der Waals surface area (Å²) >= 11 is 0. The Morgan fingerprint density at radius 2 is 2.19 bits per heavy atom. The first-order chi connectivity index (χ1) is 7.83. The molecule has 1 aliphatic rings. The van der Waals surface area contributed by atoms with Crippen LogP contribution >= 0.6 is 0 Å². The minimum absolute atomic E-state index is 0.825. The Labute approximate surface area is 94.0 Å². The van der Waals surface area contributed by atoms with Crippen LogP contribution in [0.5, 0.6) is 5.75 Å². The molecule has 1 aromatic heterocycles. The van der Waals surface area contributed by atoms with Crippen LogP contribution in [0, 0.1) is 6.92 Å². The van der Waals surface area contributed by atoms with Crippen LogP contribution < -0.4 is 4.74 Å². The Bertz CT molecular complexity index is 516. The van der Waals surface area contributed by atoms with Gasteiger partial charge in [0.2, 0.25) is 0 Å². The number of aryl methyl sites for hydroxylation is 2. The molecule has 3 heteroatoms. The number of rotatable bonds is 1. The van der Waals surface area contributed by atoms with Gasteiger partial charge in [-0.15, -0.1) is 0 Å². The monoisotopic (exact) mass is 215 g/mol. The van der Waals surface area contributed by atoms with E-state index in [1.165, 1.54) is 5.56 Å². The Morgan fingerprint density at radius 3 is 3.00 bits per heavy atom. The lowest BCUT2D eigenvalue weighted by atomic mass is 10.0. The van der Waals surface area contributed by atoms with Gasteiger partial charge in [-0.3, -0.25) is 0 Å². The summed E-state index contributed by atoms with van der Waals surface area (Å²) in [6, 6.07) is 8.12. The van der Waals surface area contributed by atoms with Gasteiger partial charge in [-0.1, -0.05) is 5.16 Å². The highest BCUT2D eigenvalue weighted by molar-refractivity contribution is 5.61. The second-order valence-corrected chi connectivity index (χ2v) is 4.11. The average molecular weight is 215 g/mol. The second kappa shape index (κ2) is 3.67. The lowest BCUT2D eigenvalue weighted by Crippen LogP contribution is -2.07. The van der Waals surface area contributed by atoms with Crippen molar-refractivity contribution in [2.75, 3.05) is 6.61 Å². The highest BCUT2D eigenvalue weighted by Crippen LogP contribution is 2.30. The summed E-state index contributed by atoms with van der Waals surface area (Å²) in [5.74, 6) is 1.83. The molecule has 16 heavy (non-hydrogen) atoms. The van der Waals surface area contributed by atoms with Gasteiger partial charge in [0.25, 0.3) is 0 Å². The van der Waals surface area contributed by atoms with Crippen LogP contribution in [0.3, 0.4) is 0 Å². The van der Waals surface area contributed by atoms with Crippen LogP contribution in [0.25, 0.3) is 11.3 Å². The van der Waals surface area contributed by atoms with E-state index >= 15 is 0 Å². The molecule has 0 aliphatic carbocycles. The van der Waals surface area contributed by atoms with Crippen molar-refractivity contribution < 1.29 is 9.26 Å². The lowest BCUT2D eigenvalue weighted by Gasteiger charge is -2.17. The number of hydrogen-bond acceptors (Lipinski definition) is 3. The maximum absolute atomic E-state index is 5.57. The van der Waals surface area contributed by atoms with E-state index in [1.807, 2.05) is 25.1 Å². The third-order valence-electron chi connectivity index (χ3n) is 2.82. The minimum Gasteiger partial charge on any atom is -0.493 e. The predicted molar refractivity (Wildman–Crippen MR) is 60.5 cm³/mol. The van der Waals surface area contributed by atoms with Crippen molar-refractivity contribution in [3.8, 4) is 17.1 Å². The third-order valence-corrected chi connectivity index (χ3v) is 2.82. The maximum atomic E-state index is 5.57. The molecule has 0 atom stereocenters. The standard InChI is InChI=1S/C13H13NO2/c1-9-7-13(16-14-9)11-4-5-12-10(8-11)3-2-6-15-12/h4-5,7-8H,2-3,6H2,1H3. The minimum atomic E-state index is 0.825. The molecule has 0 amide bonds. The average Bonchev–Trinajstić information content (AvgIpc) is 2.75. The molecule has 3 rings (SSSR count). The van der Waals surface area contributed by atoms with Gasteiger partial charge in [-0.25, -0.2) is 0 Å². The molecule has 0 spiro atoms. The van der Waals surface area contributed by atoms with Gasteiger partial charge >= 0.3 is 0 Å². The second-order valence-electron chi connectivity index (χ2n) is 4.11. The molecule has 0 N–H and O–H groups in total. The maximum Gasteiger partial charge on any atom is 0.167 e. The Kier molecular flexibility index (Phi) is 2.17. The largest absolute Gasteiger partial charge is 0.493 e. The molecule has 1 aliphatic heterocycles. The van der Waals surface area contributed by atoms with Crippen LogP contribution in [0.2, 0.25) is 0 Å². The summed E-state index contributed by atoms with van der Waals surface area (Å²) in [4.78, 5) is 0. The molecule has 0 bridgehead atoms. The van der Waals surface area contributed by atoms with Crippen molar-refractivity contribution in [2.45, 2.75) is 19.8 Å². The van der Waals surface area contributed by atoms with E-state index in [9.17, 15) is 0 Å². The van der Waals surface area contributed by atoms with Gasteiger partial charge in [0.15, 0.2) is 5.76 Å². The highest BCUT2D eigenvalue weighted by atomic mass is 16.5. The molecule has 2 aromatic rings. The van der Waals surface area contributed by atoms with E-state index in [1.54, 1.807) is 0 Å². The van der Waals surface area contributed by atoms with Gasteiger partial charge in [0, 0.05) is 11.6 Å². The summed E-state index contributed by atoms with van der Waals surface area (Å²) in [5.41, 5.74) is 3.24. The molecular weight excluding hydrogens is 202 g/mol. The highest BCUT2D eigenvalue weighted by Gasteiger charge is 2.12. The summed E-state index contributed by atoms with van der Waals surface area (Å²) in [7, 11) is 0. The van der Waals surface area contributed by atoms with Gasteiger partial charge in [-0.05, 0) is 43.5 Å². The van der Waals surface area contributed by atoms with E-state index in [-0.39, 0.29) is 0 Å². The fraction of sp³-hybridized carbons (Fsp3) is 0.308. The number of benzene rings is 1. The summed E-state index contributed by atoms with van der Waals surface area (Å²) in [6.07, 6.45) is 2.17. The molecule has 3 nitrogen and oxygen atoms in total. The zero-order chi connectivity index (χ0) is 11.0. The van der Waals surface area contributed by atoms with Gasteiger partial charge < -0.3 is 9.26 Å². The quantitative estimate of drug-likeness (QED) is 0.733. The van der Waals surface area contributed by atoms with Crippen molar-refractivity contribution in [3.05, 3.63) is 35.5 Å². The van der Waals surface area contributed by atoms with Crippen LogP contribution in [0.1, 0.15) is 17.7 Å². The van der Waals surface area contributed by atoms with Crippen molar-refractivity contribution in [3.63, 3.8) is 0 Å². The van der Waals surface area contributed by atoms with Crippen LogP contribution in [0.4, 0.5) is 0 Å². The molecular formula is C13H13NO2. The fourth-order valence-electron chi connectivity index (χ4n) is 2.01. The first-order valence-electron chi connectivity index (χ1n) is 5.52. The molecule has 0 saturated heterocycles. The molecule has 0 radical (unpaired) electrons. The molecule has 0 saturated carbocycles. The van der Waals surface area contributed by atoms with Crippen LogP contribution in [-0.4, -0.2) is 11.8 Å². The van der Waals surface area contributed by atoms with E-state index < -0.39 is 0 Å². The third kappa shape index (κ3) is 1.58. The van der Waals surface area contributed by atoms with E-state index in [4.69, 9.17) is 9.26 Å². The Balaban J connectivity index is 2.02. The van der Waals surface area contributed by atoms with Crippen molar-refractivity contribution >= 4 is 0 Å². The van der Waals surface area contributed by atoms with Crippen LogP contribution in [-0.2, 0) is 6.42 Å². The first kappa shape index (κ1) is 9.46. The number of fused-ring (bicyclic) bond motifs is 1. The van der Waals surface area contributed by atoms with Gasteiger partial charge in [0.1, 0.15) is 5.75 Å².